The van der Waals surface area contributed by atoms with Crippen LogP contribution < -0.4 is 16.4 Å². The summed E-state index contributed by atoms with van der Waals surface area (Å²) < 4.78 is 6.45. The highest BCUT2D eigenvalue weighted by Gasteiger charge is 2.10. The Hall–Kier alpha value is -2.28. The fourth-order valence-corrected chi connectivity index (χ4v) is 2.22. The van der Waals surface area contributed by atoms with E-state index in [0.717, 1.165) is 0 Å². The first-order chi connectivity index (χ1) is 10.4. The first-order valence-electron chi connectivity index (χ1n) is 7.19. The molecule has 1 aromatic heterocycles. The zero-order chi connectivity index (χ0) is 16.3. The minimum Gasteiger partial charge on any atom is -0.408 e. The van der Waals surface area contributed by atoms with Gasteiger partial charge in [0.05, 0.1) is 11.6 Å². The molecule has 2 aromatic rings. The summed E-state index contributed by atoms with van der Waals surface area (Å²) >= 11 is 0. The Balaban J connectivity index is 1.95. The highest BCUT2D eigenvalue weighted by molar-refractivity contribution is 5.91. The number of aliphatic hydroxyl groups is 1. The van der Waals surface area contributed by atoms with Crippen LogP contribution in [0.2, 0.25) is 0 Å². The number of aliphatic hydroxyl groups excluding tert-OH is 1. The number of aryl methyl sites for hydroxylation is 1. The van der Waals surface area contributed by atoms with Crippen LogP contribution in [-0.2, 0) is 7.05 Å². The van der Waals surface area contributed by atoms with Crippen molar-refractivity contribution in [1.82, 2.24) is 9.88 Å². The van der Waals surface area contributed by atoms with E-state index >= 15 is 0 Å². The van der Waals surface area contributed by atoms with Gasteiger partial charge in [0.25, 0.3) is 0 Å². The van der Waals surface area contributed by atoms with Gasteiger partial charge in [-0.3, -0.25) is 4.57 Å². The second-order valence-electron chi connectivity index (χ2n) is 5.73. The van der Waals surface area contributed by atoms with Gasteiger partial charge in [0, 0.05) is 25.3 Å². The minimum absolute atomic E-state index is 0.187. The second kappa shape index (κ2) is 6.65. The Morgan fingerprint density at radius 3 is 2.82 bits per heavy atom. The summed E-state index contributed by atoms with van der Waals surface area (Å²) in [6.07, 6.45) is 0.0573. The number of amides is 2. The van der Waals surface area contributed by atoms with Gasteiger partial charge in [-0.25, -0.2) is 9.59 Å². The molecule has 1 atom stereocenters. The van der Waals surface area contributed by atoms with Crippen LogP contribution in [0.1, 0.15) is 20.3 Å². The number of fused-ring (bicyclic) bond motifs is 1. The molecule has 2 rings (SSSR count). The molecule has 0 saturated carbocycles. The Kier molecular flexibility index (Phi) is 4.87. The predicted molar refractivity (Wildman–Crippen MR) is 83.9 cm³/mol. The van der Waals surface area contributed by atoms with Gasteiger partial charge in [-0.05, 0) is 24.5 Å². The van der Waals surface area contributed by atoms with Gasteiger partial charge in [0.1, 0.15) is 0 Å². The lowest BCUT2D eigenvalue weighted by molar-refractivity contribution is 0.148. The molecule has 1 heterocycles. The summed E-state index contributed by atoms with van der Waals surface area (Å²) in [5, 5.41) is 15.0. The van der Waals surface area contributed by atoms with E-state index in [2.05, 4.69) is 10.6 Å². The number of oxazole rings is 1. The third-order valence-corrected chi connectivity index (χ3v) is 3.29. The fraction of sp³-hybridized carbons (Fsp3) is 0.467. The van der Waals surface area contributed by atoms with E-state index in [-0.39, 0.29) is 6.54 Å². The van der Waals surface area contributed by atoms with E-state index in [4.69, 9.17) is 4.42 Å². The van der Waals surface area contributed by atoms with Crippen molar-refractivity contribution in [3.05, 3.63) is 28.7 Å². The van der Waals surface area contributed by atoms with Crippen LogP contribution in [0.4, 0.5) is 10.5 Å². The SMILES string of the molecule is CC(C)C[C@@H](O)CNC(=O)Nc1ccc2c(c1)oc(=O)n2C. The highest BCUT2D eigenvalue weighted by atomic mass is 16.4. The fourth-order valence-electron chi connectivity index (χ4n) is 2.22. The van der Waals surface area contributed by atoms with E-state index in [1.54, 1.807) is 25.2 Å². The van der Waals surface area contributed by atoms with Gasteiger partial charge in [-0.15, -0.1) is 0 Å². The van der Waals surface area contributed by atoms with Crippen LogP contribution in [-0.4, -0.2) is 28.4 Å². The van der Waals surface area contributed by atoms with Gasteiger partial charge in [-0.1, -0.05) is 13.8 Å². The number of anilines is 1. The second-order valence-corrected chi connectivity index (χ2v) is 5.73. The Bertz CT molecular complexity index is 717. The molecule has 22 heavy (non-hydrogen) atoms. The molecule has 2 amide bonds. The number of carbonyl (C=O) groups excluding carboxylic acids is 1. The number of urea groups is 1. The minimum atomic E-state index is -0.569. The summed E-state index contributed by atoms with van der Waals surface area (Å²) in [5.74, 6) is -0.0864. The first kappa shape index (κ1) is 16.1. The maximum absolute atomic E-state index is 11.8. The van der Waals surface area contributed by atoms with Crippen molar-refractivity contribution in [3.63, 3.8) is 0 Å². The van der Waals surface area contributed by atoms with E-state index in [9.17, 15) is 14.7 Å². The van der Waals surface area contributed by atoms with E-state index in [1.807, 2.05) is 13.8 Å². The lowest BCUT2D eigenvalue weighted by Crippen LogP contribution is -2.35. The lowest BCUT2D eigenvalue weighted by Gasteiger charge is -2.14. The van der Waals surface area contributed by atoms with E-state index in [1.165, 1.54) is 4.57 Å². The molecular formula is C15H21N3O4. The average molecular weight is 307 g/mol. The summed E-state index contributed by atoms with van der Waals surface area (Å²) in [4.78, 5) is 23.2. The van der Waals surface area contributed by atoms with Crippen molar-refractivity contribution in [3.8, 4) is 0 Å². The number of hydrogen-bond donors (Lipinski definition) is 3. The van der Waals surface area contributed by atoms with Crippen molar-refractivity contribution in [2.75, 3.05) is 11.9 Å². The van der Waals surface area contributed by atoms with Crippen molar-refractivity contribution in [1.29, 1.82) is 0 Å². The van der Waals surface area contributed by atoms with Crippen molar-refractivity contribution in [2.24, 2.45) is 13.0 Å². The molecule has 0 radical (unpaired) electrons. The topological polar surface area (TPSA) is 96.5 Å². The molecule has 0 spiro atoms. The third-order valence-electron chi connectivity index (χ3n) is 3.29. The largest absolute Gasteiger partial charge is 0.419 e. The Morgan fingerprint density at radius 1 is 1.41 bits per heavy atom. The van der Waals surface area contributed by atoms with Crippen LogP contribution in [0.15, 0.2) is 27.4 Å². The summed E-state index contributed by atoms with van der Waals surface area (Å²) in [5.41, 5.74) is 1.58. The quantitative estimate of drug-likeness (QED) is 0.782. The van der Waals surface area contributed by atoms with Crippen LogP contribution in [0.5, 0.6) is 0 Å². The molecule has 1 aromatic carbocycles. The lowest BCUT2D eigenvalue weighted by atomic mass is 10.1. The molecule has 0 bridgehead atoms. The van der Waals surface area contributed by atoms with Crippen LogP contribution in [0, 0.1) is 5.92 Å². The molecule has 0 fully saturated rings. The van der Waals surface area contributed by atoms with Crippen molar-refractivity contribution in [2.45, 2.75) is 26.4 Å². The highest BCUT2D eigenvalue weighted by Crippen LogP contribution is 2.17. The molecule has 0 saturated heterocycles. The average Bonchev–Trinajstić information content (AvgIpc) is 2.71. The van der Waals surface area contributed by atoms with Crippen molar-refractivity contribution < 1.29 is 14.3 Å². The number of aromatic nitrogens is 1. The van der Waals surface area contributed by atoms with Crippen molar-refractivity contribution >= 4 is 22.8 Å². The normalized spacial score (nSPS) is 12.6. The molecule has 3 N–H and O–H groups in total. The number of benzene rings is 1. The molecule has 0 aliphatic heterocycles. The van der Waals surface area contributed by atoms with Gasteiger partial charge < -0.3 is 20.2 Å². The smallest absolute Gasteiger partial charge is 0.408 e. The number of hydrogen-bond acceptors (Lipinski definition) is 4. The van der Waals surface area contributed by atoms with Crippen LogP contribution in [0.3, 0.4) is 0 Å². The predicted octanol–water partition coefficient (Wildman–Crippen LogP) is 1.66. The molecule has 0 aliphatic carbocycles. The van der Waals surface area contributed by atoms with E-state index < -0.39 is 17.9 Å². The Labute approximate surface area is 127 Å². The van der Waals surface area contributed by atoms with Crippen LogP contribution in [0.25, 0.3) is 11.1 Å². The molecule has 7 nitrogen and oxygen atoms in total. The van der Waals surface area contributed by atoms with Crippen LogP contribution >= 0.6 is 0 Å². The summed E-state index contributed by atoms with van der Waals surface area (Å²) in [6, 6.07) is 4.55. The van der Waals surface area contributed by atoms with Gasteiger partial charge in [0.2, 0.25) is 0 Å². The van der Waals surface area contributed by atoms with Gasteiger partial charge >= 0.3 is 11.8 Å². The summed E-state index contributed by atoms with van der Waals surface area (Å²) in [7, 11) is 1.62. The zero-order valence-corrected chi connectivity index (χ0v) is 12.9. The molecule has 120 valence electrons. The molecule has 7 heteroatoms. The summed E-state index contributed by atoms with van der Waals surface area (Å²) in [6.45, 7) is 4.20. The number of nitrogens with zero attached hydrogens (tertiary/aromatic N) is 1. The maximum atomic E-state index is 11.8. The monoisotopic (exact) mass is 307 g/mol. The number of carbonyl (C=O) groups is 1. The molecule has 0 aliphatic rings. The maximum Gasteiger partial charge on any atom is 0.419 e. The van der Waals surface area contributed by atoms with E-state index in [0.29, 0.717) is 29.1 Å². The molecule has 0 unspecified atom stereocenters. The standard InChI is InChI=1S/C15H21N3O4/c1-9(2)6-11(19)8-16-14(20)17-10-4-5-12-13(7-10)22-15(21)18(12)3/h4-5,7,9,11,19H,6,8H2,1-3H3,(H2,16,17,20)/t11-/m1/s1. The Morgan fingerprint density at radius 2 is 2.14 bits per heavy atom. The number of nitrogens with one attached hydrogen (secondary N) is 2. The van der Waals surface area contributed by atoms with Gasteiger partial charge in [0.15, 0.2) is 5.58 Å². The van der Waals surface area contributed by atoms with Gasteiger partial charge in [-0.2, -0.15) is 0 Å². The number of rotatable bonds is 5. The zero-order valence-electron chi connectivity index (χ0n) is 12.9. The third kappa shape index (κ3) is 3.88. The first-order valence-corrected chi connectivity index (χ1v) is 7.19. The molecular weight excluding hydrogens is 286 g/mol.